The van der Waals surface area contributed by atoms with Crippen LogP contribution in [0.1, 0.15) is 42.3 Å². The molecule has 2 aromatic rings. The van der Waals surface area contributed by atoms with Crippen molar-refractivity contribution in [3.05, 3.63) is 81.5 Å². The van der Waals surface area contributed by atoms with E-state index in [0.717, 1.165) is 41.7 Å². The lowest BCUT2D eigenvalue weighted by Crippen LogP contribution is -2.21. The van der Waals surface area contributed by atoms with Crippen LogP contribution in [0.3, 0.4) is 0 Å². The number of aliphatic hydroxyl groups is 1. The average molecular weight is 465 g/mol. The quantitative estimate of drug-likeness (QED) is 0.542. The van der Waals surface area contributed by atoms with Gasteiger partial charge in [0.25, 0.3) is 5.91 Å². The molecule has 0 unspecified atom stereocenters. The molecule has 0 aliphatic carbocycles. The van der Waals surface area contributed by atoms with E-state index in [-0.39, 0.29) is 23.0 Å². The number of hydrogen-bond acceptors (Lipinski definition) is 6. The van der Waals surface area contributed by atoms with Crippen LogP contribution in [0.5, 0.6) is 0 Å². The Morgan fingerprint density at radius 3 is 2.24 bits per heavy atom. The summed E-state index contributed by atoms with van der Waals surface area (Å²) >= 11 is 1.08. The SMILES string of the molecule is CCOC(=O)C1=C(O)C(=Cc2ccc(N(CC)CC)cc2)SC1=NC(=O)c1ccc(C)cc1. The molecule has 0 atom stereocenters. The summed E-state index contributed by atoms with van der Waals surface area (Å²) in [5.41, 5.74) is 3.30. The molecule has 7 heteroatoms. The zero-order valence-corrected chi connectivity index (χ0v) is 20.1. The average Bonchev–Trinajstić information content (AvgIpc) is 3.10. The summed E-state index contributed by atoms with van der Waals surface area (Å²) in [7, 11) is 0. The molecule has 1 aliphatic rings. The highest BCUT2D eigenvalue weighted by Gasteiger charge is 2.33. The molecule has 0 fully saturated rings. The van der Waals surface area contributed by atoms with Crippen molar-refractivity contribution in [1.29, 1.82) is 0 Å². The van der Waals surface area contributed by atoms with Gasteiger partial charge in [-0.05, 0) is 63.6 Å². The summed E-state index contributed by atoms with van der Waals surface area (Å²) in [4.78, 5) is 32.0. The highest BCUT2D eigenvalue weighted by molar-refractivity contribution is 8.18. The molecule has 0 spiro atoms. The molecule has 1 aliphatic heterocycles. The molecule has 2 aromatic carbocycles. The van der Waals surface area contributed by atoms with Crippen LogP contribution in [0.25, 0.3) is 6.08 Å². The van der Waals surface area contributed by atoms with E-state index >= 15 is 0 Å². The van der Waals surface area contributed by atoms with E-state index in [4.69, 9.17) is 4.74 Å². The van der Waals surface area contributed by atoms with Crippen LogP contribution in [0.2, 0.25) is 0 Å². The number of amides is 1. The van der Waals surface area contributed by atoms with E-state index in [1.165, 1.54) is 0 Å². The van der Waals surface area contributed by atoms with E-state index in [9.17, 15) is 14.7 Å². The Kier molecular flexibility index (Phi) is 8.11. The number of nitrogens with zero attached hydrogens (tertiary/aromatic N) is 2. The third-order valence-corrected chi connectivity index (χ3v) is 6.21. The van der Waals surface area contributed by atoms with Gasteiger partial charge in [0.15, 0.2) is 0 Å². The smallest absolute Gasteiger partial charge is 0.344 e. The van der Waals surface area contributed by atoms with Crippen molar-refractivity contribution in [2.45, 2.75) is 27.7 Å². The summed E-state index contributed by atoms with van der Waals surface area (Å²) in [6.07, 6.45) is 1.77. The zero-order valence-electron chi connectivity index (χ0n) is 19.3. The van der Waals surface area contributed by atoms with Crippen LogP contribution in [0, 0.1) is 6.92 Å². The second kappa shape index (κ2) is 11.0. The second-order valence-electron chi connectivity index (χ2n) is 7.41. The van der Waals surface area contributed by atoms with Crippen LogP contribution in [0.15, 0.2) is 69.8 Å². The molecule has 0 radical (unpaired) electrons. The molecular formula is C26H28N2O4S. The normalized spacial score (nSPS) is 15.9. The fourth-order valence-corrected chi connectivity index (χ4v) is 4.38. The first-order valence-corrected chi connectivity index (χ1v) is 11.7. The number of carbonyl (C=O) groups is 2. The van der Waals surface area contributed by atoms with Crippen LogP contribution >= 0.6 is 11.8 Å². The van der Waals surface area contributed by atoms with Crippen molar-refractivity contribution in [2.24, 2.45) is 4.99 Å². The van der Waals surface area contributed by atoms with Crippen molar-refractivity contribution in [3.8, 4) is 0 Å². The number of ether oxygens (including phenoxy) is 1. The highest BCUT2D eigenvalue weighted by Crippen LogP contribution is 2.39. The Bertz CT molecular complexity index is 1110. The predicted molar refractivity (Wildman–Crippen MR) is 135 cm³/mol. The van der Waals surface area contributed by atoms with E-state index in [0.29, 0.717) is 10.5 Å². The number of aliphatic hydroxyl groups excluding tert-OH is 1. The minimum atomic E-state index is -0.710. The Hall–Kier alpha value is -3.32. The molecule has 6 nitrogen and oxygen atoms in total. The fourth-order valence-electron chi connectivity index (χ4n) is 3.37. The van der Waals surface area contributed by atoms with E-state index < -0.39 is 11.9 Å². The Labute approximate surface area is 198 Å². The van der Waals surface area contributed by atoms with Gasteiger partial charge in [-0.1, -0.05) is 41.6 Å². The monoisotopic (exact) mass is 464 g/mol. The molecule has 0 saturated heterocycles. The number of rotatable bonds is 7. The van der Waals surface area contributed by atoms with Gasteiger partial charge in [0.05, 0.1) is 11.5 Å². The van der Waals surface area contributed by atoms with Crippen molar-refractivity contribution in [1.82, 2.24) is 0 Å². The number of anilines is 1. The molecule has 3 rings (SSSR count). The lowest BCUT2D eigenvalue weighted by atomic mass is 10.1. The molecule has 1 amide bonds. The summed E-state index contributed by atoms with van der Waals surface area (Å²) < 4.78 is 5.10. The molecular weight excluding hydrogens is 436 g/mol. The second-order valence-corrected chi connectivity index (χ2v) is 8.44. The standard InChI is InChI=1S/C26H28N2O4S/c1-5-28(6-2)20-14-10-18(11-15-20)16-21-23(29)22(26(31)32-7-3)25(33-21)27-24(30)19-12-8-17(4)9-13-19/h8-16,29H,5-7H2,1-4H3. The number of aryl methyl sites for hydroxylation is 1. The van der Waals surface area contributed by atoms with Gasteiger partial charge in [0.2, 0.25) is 0 Å². The van der Waals surface area contributed by atoms with Gasteiger partial charge in [-0.2, -0.15) is 0 Å². The number of esters is 1. The topological polar surface area (TPSA) is 79.2 Å². The van der Waals surface area contributed by atoms with Crippen LogP contribution < -0.4 is 4.90 Å². The molecule has 0 bridgehead atoms. The van der Waals surface area contributed by atoms with Gasteiger partial charge < -0.3 is 14.7 Å². The Balaban J connectivity index is 1.94. The summed E-state index contributed by atoms with van der Waals surface area (Å²) in [5, 5.41) is 10.9. The lowest BCUT2D eigenvalue weighted by molar-refractivity contribution is -0.138. The van der Waals surface area contributed by atoms with Gasteiger partial charge in [-0.15, -0.1) is 0 Å². The molecule has 172 valence electrons. The molecule has 33 heavy (non-hydrogen) atoms. The Morgan fingerprint density at radius 1 is 1.03 bits per heavy atom. The number of aliphatic imine (C=N–C) groups is 1. The Morgan fingerprint density at radius 2 is 1.67 bits per heavy atom. The lowest BCUT2D eigenvalue weighted by Gasteiger charge is -2.20. The van der Waals surface area contributed by atoms with Gasteiger partial charge in [0, 0.05) is 24.3 Å². The predicted octanol–water partition coefficient (Wildman–Crippen LogP) is 5.54. The minimum absolute atomic E-state index is 0.0895. The largest absolute Gasteiger partial charge is 0.506 e. The number of benzene rings is 2. The van der Waals surface area contributed by atoms with E-state index in [1.807, 2.05) is 43.3 Å². The van der Waals surface area contributed by atoms with Crippen molar-refractivity contribution < 1.29 is 19.4 Å². The zero-order chi connectivity index (χ0) is 24.0. The summed E-state index contributed by atoms with van der Waals surface area (Å²) in [5.74, 6) is -1.43. The first kappa shape index (κ1) is 24.3. The van der Waals surface area contributed by atoms with Crippen molar-refractivity contribution in [2.75, 3.05) is 24.6 Å². The molecule has 1 heterocycles. The molecule has 0 aromatic heterocycles. The maximum atomic E-state index is 12.7. The van der Waals surface area contributed by atoms with Crippen LogP contribution in [-0.2, 0) is 9.53 Å². The first-order chi connectivity index (χ1) is 15.9. The maximum absolute atomic E-state index is 12.7. The molecule has 1 N–H and O–H groups in total. The van der Waals surface area contributed by atoms with Gasteiger partial charge in [-0.3, -0.25) is 4.79 Å². The molecule has 0 saturated carbocycles. The third-order valence-electron chi connectivity index (χ3n) is 5.19. The van der Waals surface area contributed by atoms with Crippen molar-refractivity contribution in [3.63, 3.8) is 0 Å². The van der Waals surface area contributed by atoms with Gasteiger partial charge >= 0.3 is 5.97 Å². The number of hydrogen-bond donors (Lipinski definition) is 1. The number of thioether (sulfide) groups is 1. The minimum Gasteiger partial charge on any atom is -0.506 e. The summed E-state index contributed by atoms with van der Waals surface area (Å²) in [6.45, 7) is 9.78. The first-order valence-electron chi connectivity index (χ1n) is 10.9. The van der Waals surface area contributed by atoms with E-state index in [2.05, 4.69) is 23.7 Å². The summed E-state index contributed by atoms with van der Waals surface area (Å²) in [6, 6.07) is 14.9. The number of carbonyl (C=O) groups excluding carboxylic acids is 2. The van der Waals surface area contributed by atoms with E-state index in [1.54, 1.807) is 25.1 Å². The van der Waals surface area contributed by atoms with Gasteiger partial charge in [-0.25, -0.2) is 9.79 Å². The van der Waals surface area contributed by atoms with Gasteiger partial charge in [0.1, 0.15) is 16.4 Å². The maximum Gasteiger partial charge on any atom is 0.344 e. The van der Waals surface area contributed by atoms with Crippen LogP contribution in [-0.4, -0.2) is 41.7 Å². The van der Waals surface area contributed by atoms with Crippen LogP contribution in [0.4, 0.5) is 5.69 Å². The fraction of sp³-hybridized carbons (Fsp3) is 0.269. The third kappa shape index (κ3) is 5.73. The highest BCUT2D eigenvalue weighted by atomic mass is 32.2. The van der Waals surface area contributed by atoms with Crippen molar-refractivity contribution >= 4 is 40.4 Å².